The summed E-state index contributed by atoms with van der Waals surface area (Å²) < 4.78 is 38.5. The minimum absolute atomic E-state index is 0.0939. The molecule has 2 aromatic rings. The van der Waals surface area contributed by atoms with Crippen LogP contribution in [0.3, 0.4) is 0 Å². The number of anilines is 1. The molecule has 136 valence electrons. The Morgan fingerprint density at radius 2 is 2.08 bits per heavy atom. The van der Waals surface area contributed by atoms with Crippen LogP contribution in [0.1, 0.15) is 17.4 Å². The van der Waals surface area contributed by atoms with Crippen molar-refractivity contribution in [3.63, 3.8) is 0 Å². The van der Waals surface area contributed by atoms with Gasteiger partial charge in [0, 0.05) is 34.2 Å². The molecule has 1 aromatic heterocycles. The molecule has 8 nitrogen and oxygen atoms in total. The Bertz CT molecular complexity index is 919. The Hall–Kier alpha value is -1.62. The number of benzene rings is 1. The van der Waals surface area contributed by atoms with Crippen molar-refractivity contribution >= 4 is 48.5 Å². The van der Waals surface area contributed by atoms with Crippen LogP contribution in [0.15, 0.2) is 21.5 Å². The predicted octanol–water partition coefficient (Wildman–Crippen LogP) is 1.71. The summed E-state index contributed by atoms with van der Waals surface area (Å²) in [5.74, 6) is -0.722. The van der Waals surface area contributed by atoms with E-state index in [2.05, 4.69) is 20.9 Å². The number of aromatic amines is 1. The molecule has 10 heteroatoms. The molecule has 2 heterocycles. The fourth-order valence-corrected chi connectivity index (χ4v) is 4.81. The predicted molar refractivity (Wildman–Crippen MR) is 95.9 cm³/mol. The third-order valence-electron chi connectivity index (χ3n) is 3.92. The molecule has 1 aromatic carbocycles. The lowest BCUT2D eigenvalue weighted by Crippen LogP contribution is -2.41. The van der Waals surface area contributed by atoms with Gasteiger partial charge in [0.25, 0.3) is 0 Å². The monoisotopic (exact) mass is 431 g/mol. The number of nitrogens with zero attached hydrogens (tertiary/aromatic N) is 1. The molecule has 0 unspecified atom stereocenters. The van der Waals surface area contributed by atoms with Crippen molar-refractivity contribution in [1.82, 2.24) is 9.29 Å². The highest BCUT2D eigenvalue weighted by molar-refractivity contribution is 9.10. The third-order valence-corrected chi connectivity index (χ3v) is 6.59. The summed E-state index contributed by atoms with van der Waals surface area (Å²) in [6, 6.07) is 3.18. The van der Waals surface area contributed by atoms with Gasteiger partial charge < -0.3 is 20.2 Å². The summed E-state index contributed by atoms with van der Waals surface area (Å²) in [6.07, 6.45) is 0. The maximum Gasteiger partial charge on any atom is 0.356 e. The normalized spacial score (nSPS) is 16.2. The largest absolute Gasteiger partial charge is 0.461 e. The molecule has 1 aliphatic rings. The van der Waals surface area contributed by atoms with Crippen LogP contribution in [-0.2, 0) is 19.5 Å². The number of nitrogens with one attached hydrogen (secondary N) is 1. The van der Waals surface area contributed by atoms with Crippen LogP contribution in [0, 0.1) is 0 Å². The van der Waals surface area contributed by atoms with E-state index in [1.807, 2.05) is 0 Å². The minimum atomic E-state index is -3.91. The molecule has 0 bridgehead atoms. The number of fused-ring (bicyclic) bond motifs is 1. The van der Waals surface area contributed by atoms with E-state index in [1.165, 1.54) is 4.31 Å². The highest BCUT2D eigenvalue weighted by Gasteiger charge is 2.34. The number of esters is 1. The number of rotatable bonds is 4. The molecule has 25 heavy (non-hydrogen) atoms. The molecule has 0 amide bonds. The van der Waals surface area contributed by atoms with E-state index in [4.69, 9.17) is 15.2 Å². The van der Waals surface area contributed by atoms with Gasteiger partial charge in [-0.3, -0.25) is 0 Å². The number of halogens is 1. The van der Waals surface area contributed by atoms with Gasteiger partial charge in [-0.2, -0.15) is 4.31 Å². The van der Waals surface area contributed by atoms with Crippen molar-refractivity contribution in [2.75, 3.05) is 38.6 Å². The molecule has 0 aliphatic carbocycles. The van der Waals surface area contributed by atoms with Gasteiger partial charge in [0.2, 0.25) is 10.0 Å². The Kier molecular flexibility index (Phi) is 5.05. The van der Waals surface area contributed by atoms with Gasteiger partial charge >= 0.3 is 5.97 Å². The molecular formula is C15H18BrN3O5S. The van der Waals surface area contributed by atoms with Crippen LogP contribution in [0.2, 0.25) is 0 Å². The van der Waals surface area contributed by atoms with Gasteiger partial charge in [-0.05, 0) is 35.0 Å². The number of carbonyl (C=O) groups excluding carboxylic acids is 1. The Morgan fingerprint density at radius 3 is 2.72 bits per heavy atom. The van der Waals surface area contributed by atoms with E-state index in [1.54, 1.807) is 19.1 Å². The number of ether oxygens (including phenoxy) is 2. The van der Waals surface area contributed by atoms with Crippen molar-refractivity contribution in [2.45, 2.75) is 11.8 Å². The van der Waals surface area contributed by atoms with Gasteiger partial charge in [-0.25, -0.2) is 13.2 Å². The second-order valence-corrected chi connectivity index (χ2v) is 8.21. The number of hydrogen-bond acceptors (Lipinski definition) is 6. The highest BCUT2D eigenvalue weighted by Crippen LogP contribution is 2.34. The zero-order valence-electron chi connectivity index (χ0n) is 13.5. The number of nitrogen functional groups attached to an aromatic ring is 1. The van der Waals surface area contributed by atoms with Gasteiger partial charge in [0.05, 0.1) is 19.8 Å². The number of H-pyrrole nitrogens is 1. The molecular weight excluding hydrogens is 414 g/mol. The third kappa shape index (κ3) is 3.26. The van der Waals surface area contributed by atoms with Gasteiger partial charge in [0.1, 0.15) is 10.6 Å². The van der Waals surface area contributed by atoms with E-state index in [-0.39, 0.29) is 30.3 Å². The molecule has 1 fully saturated rings. The molecule has 1 saturated heterocycles. The quantitative estimate of drug-likeness (QED) is 0.562. The van der Waals surface area contributed by atoms with Crippen LogP contribution < -0.4 is 5.73 Å². The first-order valence-corrected chi connectivity index (χ1v) is 9.95. The molecule has 0 radical (unpaired) electrons. The number of aromatic nitrogens is 1. The fourth-order valence-electron chi connectivity index (χ4n) is 2.74. The van der Waals surface area contributed by atoms with Gasteiger partial charge in [0.15, 0.2) is 0 Å². The Balaban J connectivity index is 2.24. The maximum absolute atomic E-state index is 13.2. The first-order valence-electron chi connectivity index (χ1n) is 7.72. The smallest absolute Gasteiger partial charge is 0.356 e. The average molecular weight is 432 g/mol. The first kappa shape index (κ1) is 18.2. The summed E-state index contributed by atoms with van der Waals surface area (Å²) in [6.45, 7) is 2.88. The Labute approximate surface area is 153 Å². The van der Waals surface area contributed by atoms with Crippen LogP contribution in [-0.4, -0.2) is 56.6 Å². The molecule has 3 N–H and O–H groups in total. The SMILES string of the molecule is CCOC(=O)c1[nH]c2cc(N)c(Br)cc2c1S(=O)(=O)N1CCOCC1. The number of nitrogens with two attached hydrogens (primary N) is 1. The summed E-state index contributed by atoms with van der Waals surface area (Å²) in [7, 11) is -3.91. The van der Waals surface area contributed by atoms with E-state index in [0.29, 0.717) is 34.3 Å². The van der Waals surface area contributed by atoms with E-state index < -0.39 is 16.0 Å². The topological polar surface area (TPSA) is 115 Å². The maximum atomic E-state index is 13.2. The molecule has 1 aliphatic heterocycles. The zero-order chi connectivity index (χ0) is 18.2. The van der Waals surface area contributed by atoms with Crippen LogP contribution in [0.4, 0.5) is 5.69 Å². The van der Waals surface area contributed by atoms with Crippen molar-refractivity contribution < 1.29 is 22.7 Å². The lowest BCUT2D eigenvalue weighted by molar-refractivity contribution is 0.0515. The molecule has 0 saturated carbocycles. The van der Waals surface area contributed by atoms with Crippen molar-refractivity contribution in [3.8, 4) is 0 Å². The van der Waals surface area contributed by atoms with E-state index in [0.717, 1.165) is 0 Å². The Morgan fingerprint density at radius 1 is 1.40 bits per heavy atom. The standard InChI is InChI=1S/C15H18BrN3O5S/c1-2-24-15(20)13-14(25(21,22)19-3-5-23-6-4-19)9-7-10(16)11(17)8-12(9)18-13/h7-8,18H,2-6,17H2,1H3. The molecule has 3 rings (SSSR count). The summed E-state index contributed by atoms with van der Waals surface area (Å²) in [5.41, 5.74) is 6.66. The van der Waals surface area contributed by atoms with E-state index in [9.17, 15) is 13.2 Å². The molecule has 0 spiro atoms. The summed E-state index contributed by atoms with van der Waals surface area (Å²) >= 11 is 3.31. The minimum Gasteiger partial charge on any atom is -0.461 e. The lowest BCUT2D eigenvalue weighted by atomic mass is 10.2. The first-order chi connectivity index (χ1) is 11.9. The van der Waals surface area contributed by atoms with Crippen molar-refractivity contribution in [1.29, 1.82) is 0 Å². The highest BCUT2D eigenvalue weighted by atomic mass is 79.9. The van der Waals surface area contributed by atoms with Crippen LogP contribution >= 0.6 is 15.9 Å². The second kappa shape index (κ2) is 6.94. The van der Waals surface area contributed by atoms with Crippen LogP contribution in [0.5, 0.6) is 0 Å². The van der Waals surface area contributed by atoms with Gasteiger partial charge in [-0.1, -0.05) is 0 Å². The number of hydrogen-bond donors (Lipinski definition) is 2. The number of sulfonamides is 1. The van der Waals surface area contributed by atoms with E-state index >= 15 is 0 Å². The van der Waals surface area contributed by atoms with Crippen LogP contribution in [0.25, 0.3) is 10.9 Å². The zero-order valence-corrected chi connectivity index (χ0v) is 15.9. The summed E-state index contributed by atoms with van der Waals surface area (Å²) in [5, 5.41) is 0.385. The molecule has 0 atom stereocenters. The number of morpholine rings is 1. The van der Waals surface area contributed by atoms with Crippen molar-refractivity contribution in [2.24, 2.45) is 0 Å². The number of carbonyl (C=O) groups is 1. The fraction of sp³-hybridized carbons (Fsp3) is 0.400. The summed E-state index contributed by atoms with van der Waals surface area (Å²) in [4.78, 5) is 15.1. The average Bonchev–Trinajstić information content (AvgIpc) is 2.95. The second-order valence-electron chi connectivity index (χ2n) is 5.49. The van der Waals surface area contributed by atoms with Crippen molar-refractivity contribution in [3.05, 3.63) is 22.3 Å². The van der Waals surface area contributed by atoms with Gasteiger partial charge in [-0.15, -0.1) is 0 Å². The lowest BCUT2D eigenvalue weighted by Gasteiger charge is -2.26.